The van der Waals surface area contributed by atoms with Crippen molar-refractivity contribution in [2.24, 2.45) is 0 Å². The first kappa shape index (κ1) is 14.0. The summed E-state index contributed by atoms with van der Waals surface area (Å²) < 4.78 is 23.9. The Labute approximate surface area is 126 Å². The molecule has 0 saturated carbocycles. The fourth-order valence-electron chi connectivity index (χ4n) is 2.53. The highest BCUT2D eigenvalue weighted by Crippen LogP contribution is 2.47. The molecule has 0 radical (unpaired) electrons. The molecule has 6 heteroatoms. The van der Waals surface area contributed by atoms with E-state index in [4.69, 9.17) is 18.9 Å². The van der Waals surface area contributed by atoms with Crippen LogP contribution in [0.1, 0.15) is 18.1 Å². The first-order chi connectivity index (χ1) is 9.81. The minimum atomic E-state index is -0.0911. The Hall–Kier alpha value is -0.980. The second-order valence-electron chi connectivity index (χ2n) is 4.75. The Morgan fingerprint density at radius 2 is 2.15 bits per heavy atom. The van der Waals surface area contributed by atoms with Crippen molar-refractivity contribution in [3.63, 3.8) is 0 Å². The topological polar surface area (TPSA) is 49.0 Å². The largest absolute Gasteiger partial charge is 0.495 e. The lowest BCUT2D eigenvalue weighted by Gasteiger charge is -2.28. The minimum absolute atomic E-state index is 0.0911. The molecule has 2 heterocycles. The van der Waals surface area contributed by atoms with Crippen LogP contribution in [-0.4, -0.2) is 40.0 Å². The van der Waals surface area contributed by atoms with Crippen molar-refractivity contribution in [1.29, 1.82) is 0 Å². The molecule has 3 rings (SSSR count). The van der Waals surface area contributed by atoms with Crippen LogP contribution in [-0.2, 0) is 4.74 Å². The zero-order chi connectivity index (χ0) is 13.9. The van der Waals surface area contributed by atoms with Crippen LogP contribution in [0, 0.1) is 0 Å². The van der Waals surface area contributed by atoms with Crippen molar-refractivity contribution in [1.82, 2.24) is 5.32 Å². The van der Waals surface area contributed by atoms with Gasteiger partial charge in [0.1, 0.15) is 11.9 Å². The first-order valence-electron chi connectivity index (χ1n) is 6.79. The highest BCUT2D eigenvalue weighted by molar-refractivity contribution is 9.10. The molecular weight excluding hydrogens is 326 g/mol. The van der Waals surface area contributed by atoms with E-state index >= 15 is 0 Å². The Kier molecular flexibility index (Phi) is 4.33. The molecule has 1 N–H and O–H groups in total. The van der Waals surface area contributed by atoms with E-state index in [0.717, 1.165) is 46.8 Å². The molecule has 2 aliphatic rings. The fourth-order valence-corrected chi connectivity index (χ4v) is 3.12. The van der Waals surface area contributed by atoms with Crippen LogP contribution in [0.3, 0.4) is 0 Å². The quantitative estimate of drug-likeness (QED) is 0.892. The molecule has 1 atom stereocenters. The van der Waals surface area contributed by atoms with E-state index < -0.39 is 0 Å². The summed E-state index contributed by atoms with van der Waals surface area (Å²) in [4.78, 5) is 0. The Bertz CT molecular complexity index is 489. The first-order valence-corrected chi connectivity index (χ1v) is 7.59. The maximum atomic E-state index is 5.90. The molecule has 0 aliphatic carbocycles. The summed E-state index contributed by atoms with van der Waals surface area (Å²) in [5, 5.41) is 3.33. The number of hydrogen-bond acceptors (Lipinski definition) is 5. The van der Waals surface area contributed by atoms with Gasteiger partial charge in [-0.3, -0.25) is 0 Å². The van der Waals surface area contributed by atoms with Crippen molar-refractivity contribution in [3.8, 4) is 17.2 Å². The van der Waals surface area contributed by atoms with Crippen LogP contribution in [0.4, 0.5) is 0 Å². The van der Waals surface area contributed by atoms with Gasteiger partial charge < -0.3 is 24.3 Å². The van der Waals surface area contributed by atoms with Gasteiger partial charge in [0.15, 0.2) is 11.5 Å². The summed E-state index contributed by atoms with van der Waals surface area (Å²) in [5.41, 5.74) is 0.922. The van der Waals surface area contributed by atoms with E-state index in [1.165, 1.54) is 0 Å². The number of morpholine rings is 1. The molecule has 1 aromatic rings. The molecule has 20 heavy (non-hydrogen) atoms. The van der Waals surface area contributed by atoms with Gasteiger partial charge in [0.25, 0.3) is 0 Å². The summed E-state index contributed by atoms with van der Waals surface area (Å²) in [5.74, 6) is 2.25. The number of ether oxygens (including phenoxy) is 4. The average Bonchev–Trinajstić information content (AvgIpc) is 2.71. The molecule has 0 amide bonds. The van der Waals surface area contributed by atoms with Gasteiger partial charge in [-0.05, 0) is 15.9 Å². The van der Waals surface area contributed by atoms with E-state index in [2.05, 4.69) is 21.2 Å². The molecule has 0 aromatic heterocycles. The monoisotopic (exact) mass is 343 g/mol. The molecule has 1 aromatic carbocycles. The average molecular weight is 344 g/mol. The van der Waals surface area contributed by atoms with Gasteiger partial charge in [-0.25, -0.2) is 0 Å². The van der Waals surface area contributed by atoms with Crippen LogP contribution < -0.4 is 19.5 Å². The van der Waals surface area contributed by atoms with Crippen molar-refractivity contribution in [2.75, 3.05) is 40.0 Å². The van der Waals surface area contributed by atoms with Gasteiger partial charge in [0.2, 0.25) is 0 Å². The normalized spacial score (nSPS) is 22.2. The summed E-state index contributed by atoms with van der Waals surface area (Å²) >= 11 is 3.54. The van der Waals surface area contributed by atoms with Gasteiger partial charge in [0, 0.05) is 25.6 Å². The number of hydrogen-bond donors (Lipinski definition) is 1. The van der Waals surface area contributed by atoms with Crippen LogP contribution >= 0.6 is 15.9 Å². The summed E-state index contributed by atoms with van der Waals surface area (Å²) in [7, 11) is 1.66. The summed E-state index contributed by atoms with van der Waals surface area (Å²) in [6.45, 7) is 3.59. The lowest BCUT2D eigenvalue weighted by molar-refractivity contribution is 0.0243. The zero-order valence-electron chi connectivity index (χ0n) is 11.4. The van der Waals surface area contributed by atoms with Crippen LogP contribution in [0.15, 0.2) is 10.5 Å². The highest BCUT2D eigenvalue weighted by Gasteiger charge is 2.29. The molecule has 0 spiro atoms. The lowest BCUT2D eigenvalue weighted by Crippen LogP contribution is -2.33. The van der Waals surface area contributed by atoms with Crippen molar-refractivity contribution >= 4 is 15.9 Å². The standard InChI is InChI=1S/C14H18BrNO4/c1-17-13-9(15)7-10-14(20-5-2-4-18-10)12(13)11-8-16-3-6-19-11/h7,11,16H,2-6,8H2,1H3. The van der Waals surface area contributed by atoms with E-state index in [-0.39, 0.29) is 6.10 Å². The molecule has 110 valence electrons. The highest BCUT2D eigenvalue weighted by atomic mass is 79.9. The second kappa shape index (κ2) is 6.20. The number of rotatable bonds is 2. The molecule has 0 bridgehead atoms. The maximum absolute atomic E-state index is 5.90. The number of benzene rings is 1. The molecule has 2 aliphatic heterocycles. The van der Waals surface area contributed by atoms with Gasteiger partial charge in [-0.1, -0.05) is 0 Å². The number of halogens is 1. The SMILES string of the molecule is COc1c(Br)cc2c(c1C1CNCCO1)OCCCO2. The smallest absolute Gasteiger partial charge is 0.170 e. The second-order valence-corrected chi connectivity index (χ2v) is 5.60. The molecule has 1 fully saturated rings. The van der Waals surface area contributed by atoms with Crippen LogP contribution in [0.25, 0.3) is 0 Å². The predicted molar refractivity (Wildman–Crippen MR) is 77.9 cm³/mol. The molecule has 1 saturated heterocycles. The minimum Gasteiger partial charge on any atom is -0.495 e. The maximum Gasteiger partial charge on any atom is 0.170 e. The zero-order valence-corrected chi connectivity index (χ0v) is 13.0. The number of fused-ring (bicyclic) bond motifs is 1. The van der Waals surface area contributed by atoms with Crippen molar-refractivity contribution < 1.29 is 18.9 Å². The predicted octanol–water partition coefficient (Wildman–Crippen LogP) is 2.28. The van der Waals surface area contributed by atoms with Crippen molar-refractivity contribution in [3.05, 3.63) is 16.1 Å². The number of nitrogens with one attached hydrogen (secondary N) is 1. The fraction of sp³-hybridized carbons (Fsp3) is 0.571. The molecular formula is C14H18BrNO4. The lowest BCUT2D eigenvalue weighted by atomic mass is 10.0. The third kappa shape index (κ3) is 2.60. The molecule has 1 unspecified atom stereocenters. The Balaban J connectivity index is 2.09. The van der Waals surface area contributed by atoms with Gasteiger partial charge in [-0.15, -0.1) is 0 Å². The van der Waals surface area contributed by atoms with Crippen LogP contribution in [0.2, 0.25) is 0 Å². The van der Waals surface area contributed by atoms with E-state index in [0.29, 0.717) is 19.8 Å². The van der Waals surface area contributed by atoms with E-state index in [9.17, 15) is 0 Å². The Morgan fingerprint density at radius 1 is 1.30 bits per heavy atom. The third-order valence-electron chi connectivity index (χ3n) is 3.43. The molecule has 5 nitrogen and oxygen atoms in total. The number of methoxy groups -OCH3 is 1. The van der Waals surface area contributed by atoms with Gasteiger partial charge in [0.05, 0.1) is 37.0 Å². The van der Waals surface area contributed by atoms with E-state index in [1.54, 1.807) is 7.11 Å². The van der Waals surface area contributed by atoms with Gasteiger partial charge >= 0.3 is 0 Å². The Morgan fingerprint density at radius 3 is 2.90 bits per heavy atom. The van der Waals surface area contributed by atoms with Gasteiger partial charge in [-0.2, -0.15) is 0 Å². The third-order valence-corrected chi connectivity index (χ3v) is 4.02. The summed E-state index contributed by atoms with van der Waals surface area (Å²) in [6.07, 6.45) is 0.782. The van der Waals surface area contributed by atoms with Crippen LogP contribution in [0.5, 0.6) is 17.2 Å². The van der Waals surface area contributed by atoms with Crippen molar-refractivity contribution in [2.45, 2.75) is 12.5 Å². The summed E-state index contributed by atoms with van der Waals surface area (Å²) in [6, 6.07) is 1.90. The van der Waals surface area contributed by atoms with E-state index in [1.807, 2.05) is 6.07 Å².